The highest BCUT2D eigenvalue weighted by Gasteiger charge is 2.31. The van der Waals surface area contributed by atoms with Crippen LogP contribution in [0.25, 0.3) is 0 Å². The van der Waals surface area contributed by atoms with E-state index in [2.05, 4.69) is 0 Å². The van der Waals surface area contributed by atoms with Crippen LogP contribution >= 0.6 is 0 Å². The predicted octanol–water partition coefficient (Wildman–Crippen LogP) is 1.39. The molecule has 0 heterocycles. The number of aliphatic hydroxyl groups is 1. The lowest BCUT2D eigenvalue weighted by atomic mass is 9.82. The zero-order chi connectivity index (χ0) is 13.3. The van der Waals surface area contributed by atoms with E-state index in [-0.39, 0.29) is 12.0 Å². The third-order valence-electron chi connectivity index (χ3n) is 3.46. The van der Waals surface area contributed by atoms with Crippen LogP contribution in [0.4, 0.5) is 0 Å². The largest absolute Gasteiger partial charge is 0.393 e. The highest BCUT2D eigenvalue weighted by Crippen LogP contribution is 2.29. The number of hydrogen-bond donors (Lipinski definition) is 1. The summed E-state index contributed by atoms with van der Waals surface area (Å²) in [6, 6.07) is 6.87. The summed E-state index contributed by atoms with van der Waals surface area (Å²) in [6.07, 6.45) is 1.16. The first-order chi connectivity index (χ1) is 8.39. The molecule has 1 aromatic rings. The summed E-state index contributed by atoms with van der Waals surface area (Å²) in [7, 11) is -1.80. The van der Waals surface area contributed by atoms with E-state index in [1.54, 1.807) is 31.3 Å². The van der Waals surface area contributed by atoms with Gasteiger partial charge in [0.2, 0.25) is 10.0 Å². The summed E-state index contributed by atoms with van der Waals surface area (Å²) in [5.74, 6) is 0.283. The molecule has 0 radical (unpaired) electrons. The number of rotatable bonds is 4. The Kier molecular flexibility index (Phi) is 3.75. The minimum atomic E-state index is -3.39. The Hall–Kier alpha value is -0.910. The van der Waals surface area contributed by atoms with Crippen molar-refractivity contribution in [3.05, 3.63) is 29.8 Å². The van der Waals surface area contributed by atoms with Crippen LogP contribution in [0.2, 0.25) is 0 Å². The maximum Gasteiger partial charge on any atom is 0.242 e. The molecule has 5 heteroatoms. The molecule has 1 aliphatic carbocycles. The van der Waals surface area contributed by atoms with Gasteiger partial charge in [-0.3, -0.25) is 0 Å². The number of nitrogens with zero attached hydrogens (tertiary/aromatic N) is 1. The van der Waals surface area contributed by atoms with E-state index in [1.807, 2.05) is 6.92 Å². The fraction of sp³-hybridized carbons (Fsp3) is 0.538. The minimum Gasteiger partial charge on any atom is -0.393 e. The van der Waals surface area contributed by atoms with Crippen LogP contribution in [0.1, 0.15) is 18.4 Å². The van der Waals surface area contributed by atoms with Crippen LogP contribution in [-0.2, 0) is 10.0 Å². The van der Waals surface area contributed by atoms with Crippen molar-refractivity contribution in [1.29, 1.82) is 0 Å². The van der Waals surface area contributed by atoms with Crippen molar-refractivity contribution in [3.63, 3.8) is 0 Å². The van der Waals surface area contributed by atoms with Gasteiger partial charge in [0, 0.05) is 13.6 Å². The Morgan fingerprint density at radius 2 is 1.83 bits per heavy atom. The summed E-state index contributed by atoms with van der Waals surface area (Å²) in [5, 5.41) is 9.21. The smallest absolute Gasteiger partial charge is 0.242 e. The minimum absolute atomic E-state index is 0.245. The molecule has 0 spiro atoms. The molecule has 18 heavy (non-hydrogen) atoms. The van der Waals surface area contributed by atoms with Crippen LogP contribution in [0.5, 0.6) is 0 Å². The van der Waals surface area contributed by atoms with E-state index in [0.29, 0.717) is 24.3 Å². The van der Waals surface area contributed by atoms with Crippen molar-refractivity contribution >= 4 is 10.0 Å². The van der Waals surface area contributed by atoms with E-state index in [4.69, 9.17) is 0 Å². The number of sulfonamides is 1. The number of hydrogen-bond acceptors (Lipinski definition) is 3. The van der Waals surface area contributed by atoms with Crippen LogP contribution in [0.3, 0.4) is 0 Å². The first kappa shape index (κ1) is 13.5. The van der Waals surface area contributed by atoms with Crippen LogP contribution in [0.15, 0.2) is 29.2 Å². The lowest BCUT2D eigenvalue weighted by Crippen LogP contribution is -2.39. The maximum atomic E-state index is 12.3. The molecule has 1 saturated carbocycles. The van der Waals surface area contributed by atoms with Gasteiger partial charge in [0.25, 0.3) is 0 Å². The van der Waals surface area contributed by atoms with Crippen LogP contribution in [-0.4, -0.2) is 37.5 Å². The molecule has 1 fully saturated rings. The molecular formula is C13H19NO3S. The molecule has 1 aromatic carbocycles. The summed E-state index contributed by atoms with van der Waals surface area (Å²) < 4.78 is 25.9. The Bertz CT molecular complexity index is 504. The van der Waals surface area contributed by atoms with Gasteiger partial charge in [0.05, 0.1) is 11.0 Å². The molecule has 4 nitrogen and oxygen atoms in total. The zero-order valence-corrected chi connectivity index (χ0v) is 11.5. The van der Waals surface area contributed by atoms with Gasteiger partial charge in [0.1, 0.15) is 0 Å². The van der Waals surface area contributed by atoms with E-state index in [1.165, 1.54) is 4.31 Å². The zero-order valence-electron chi connectivity index (χ0n) is 10.7. The SMILES string of the molecule is Cc1ccc(S(=O)(=O)N(C)CC2CC(O)C2)cc1. The predicted molar refractivity (Wildman–Crippen MR) is 69.7 cm³/mol. The third-order valence-corrected chi connectivity index (χ3v) is 5.29. The monoisotopic (exact) mass is 269 g/mol. The van der Waals surface area contributed by atoms with Gasteiger partial charge in [0.15, 0.2) is 0 Å². The molecule has 2 rings (SSSR count). The molecule has 0 saturated heterocycles. The molecule has 0 aromatic heterocycles. The fourth-order valence-corrected chi connectivity index (χ4v) is 3.45. The van der Waals surface area contributed by atoms with E-state index in [9.17, 15) is 13.5 Å². The second-order valence-corrected chi connectivity index (χ2v) is 7.13. The Morgan fingerprint density at radius 3 is 2.33 bits per heavy atom. The molecule has 0 atom stereocenters. The summed E-state index contributed by atoms with van der Waals surface area (Å²) in [4.78, 5) is 0.329. The Morgan fingerprint density at radius 1 is 1.28 bits per heavy atom. The van der Waals surface area contributed by atoms with Crippen molar-refractivity contribution in [2.24, 2.45) is 5.92 Å². The van der Waals surface area contributed by atoms with Crippen molar-refractivity contribution in [2.45, 2.75) is 30.8 Å². The van der Waals surface area contributed by atoms with Crippen LogP contribution in [0, 0.1) is 12.8 Å². The first-order valence-corrected chi connectivity index (χ1v) is 7.54. The lowest BCUT2D eigenvalue weighted by molar-refractivity contribution is 0.0367. The normalized spacial score (nSPS) is 24.0. The Labute approximate surface area is 108 Å². The molecule has 0 aliphatic heterocycles. The number of benzene rings is 1. The molecule has 0 amide bonds. The molecule has 0 bridgehead atoms. The van der Waals surface area contributed by atoms with Gasteiger partial charge in [-0.2, -0.15) is 0 Å². The summed E-state index contributed by atoms with van der Waals surface area (Å²) in [5.41, 5.74) is 1.04. The van der Waals surface area contributed by atoms with Gasteiger partial charge in [-0.1, -0.05) is 17.7 Å². The topological polar surface area (TPSA) is 57.6 Å². The second kappa shape index (κ2) is 4.99. The molecular weight excluding hydrogens is 250 g/mol. The van der Waals surface area contributed by atoms with Crippen LogP contribution < -0.4 is 0 Å². The lowest BCUT2D eigenvalue weighted by Gasteiger charge is -2.34. The van der Waals surface area contributed by atoms with Crippen molar-refractivity contribution in [1.82, 2.24) is 4.31 Å². The maximum absolute atomic E-state index is 12.3. The summed E-state index contributed by atoms with van der Waals surface area (Å²) in [6.45, 7) is 2.41. The quantitative estimate of drug-likeness (QED) is 0.898. The standard InChI is InChI=1S/C13H19NO3S/c1-10-3-5-13(6-4-10)18(16,17)14(2)9-11-7-12(15)8-11/h3-6,11-12,15H,7-9H2,1-2H3. The van der Waals surface area contributed by atoms with Gasteiger partial charge in [-0.15, -0.1) is 0 Å². The fourth-order valence-electron chi connectivity index (χ4n) is 2.20. The van der Waals surface area contributed by atoms with Crippen molar-refractivity contribution in [3.8, 4) is 0 Å². The average Bonchev–Trinajstić information content (AvgIpc) is 2.27. The van der Waals surface area contributed by atoms with Crippen molar-refractivity contribution < 1.29 is 13.5 Å². The van der Waals surface area contributed by atoms with Gasteiger partial charge in [-0.25, -0.2) is 12.7 Å². The number of aliphatic hydroxyl groups excluding tert-OH is 1. The number of aryl methyl sites for hydroxylation is 1. The second-order valence-electron chi connectivity index (χ2n) is 5.09. The van der Waals surface area contributed by atoms with Crippen molar-refractivity contribution in [2.75, 3.05) is 13.6 Å². The summed E-state index contributed by atoms with van der Waals surface area (Å²) >= 11 is 0. The van der Waals surface area contributed by atoms with Gasteiger partial charge in [-0.05, 0) is 37.8 Å². The molecule has 1 aliphatic rings. The average molecular weight is 269 g/mol. The first-order valence-electron chi connectivity index (χ1n) is 6.10. The van der Waals surface area contributed by atoms with E-state index < -0.39 is 10.0 Å². The molecule has 100 valence electrons. The van der Waals surface area contributed by atoms with Gasteiger partial charge < -0.3 is 5.11 Å². The third kappa shape index (κ3) is 2.74. The highest BCUT2D eigenvalue weighted by atomic mass is 32.2. The van der Waals surface area contributed by atoms with Gasteiger partial charge >= 0.3 is 0 Å². The van der Waals surface area contributed by atoms with E-state index in [0.717, 1.165) is 5.56 Å². The molecule has 0 unspecified atom stereocenters. The van der Waals surface area contributed by atoms with E-state index >= 15 is 0 Å². The molecule has 1 N–H and O–H groups in total. The Balaban J connectivity index is 2.08. The highest BCUT2D eigenvalue weighted by molar-refractivity contribution is 7.89.